The van der Waals surface area contributed by atoms with Crippen molar-refractivity contribution in [2.75, 3.05) is 13.1 Å². The highest BCUT2D eigenvalue weighted by atomic mass is 35.5. The van der Waals surface area contributed by atoms with Gasteiger partial charge in [-0.25, -0.2) is 12.8 Å². The van der Waals surface area contributed by atoms with E-state index in [0.717, 1.165) is 25.3 Å². The van der Waals surface area contributed by atoms with E-state index in [0.29, 0.717) is 19.1 Å². The molecule has 124 valence electrons. The first-order chi connectivity index (χ1) is 9.88. The van der Waals surface area contributed by atoms with Gasteiger partial charge in [0.1, 0.15) is 10.7 Å². The Morgan fingerprint density at radius 2 is 1.95 bits per heavy atom. The number of aryl methyl sites for hydroxylation is 1. The Morgan fingerprint density at radius 3 is 2.68 bits per heavy atom. The minimum atomic E-state index is -3.68. The van der Waals surface area contributed by atoms with Gasteiger partial charge in [0.25, 0.3) is 0 Å². The molecular weight excluding hydrogens is 350 g/mol. The van der Waals surface area contributed by atoms with E-state index in [-0.39, 0.29) is 33.9 Å². The van der Waals surface area contributed by atoms with Crippen molar-refractivity contribution in [1.29, 1.82) is 0 Å². The van der Waals surface area contributed by atoms with Gasteiger partial charge in [-0.1, -0.05) is 11.6 Å². The molecule has 22 heavy (non-hydrogen) atoms. The first-order valence-corrected chi connectivity index (χ1v) is 8.91. The Labute approximate surface area is 141 Å². The molecule has 4 nitrogen and oxygen atoms in total. The lowest BCUT2D eigenvalue weighted by molar-refractivity contribution is 0.383. The molecule has 2 aliphatic rings. The smallest absolute Gasteiger partial charge is 0.244 e. The van der Waals surface area contributed by atoms with E-state index in [1.807, 2.05) is 0 Å². The Kier molecular flexibility index (Phi) is 5.39. The number of hydrogen-bond donors (Lipinski definition) is 1. The number of fused-ring (bicyclic) bond motifs is 2. The van der Waals surface area contributed by atoms with Crippen molar-refractivity contribution in [3.8, 4) is 0 Å². The fourth-order valence-electron chi connectivity index (χ4n) is 3.10. The van der Waals surface area contributed by atoms with Crippen molar-refractivity contribution in [2.24, 2.45) is 0 Å². The monoisotopic (exact) mass is 368 g/mol. The maximum atomic E-state index is 13.5. The number of benzene rings is 1. The molecule has 0 aliphatic carbocycles. The Morgan fingerprint density at radius 1 is 1.27 bits per heavy atom. The average Bonchev–Trinajstić information content (AvgIpc) is 2.72. The summed E-state index contributed by atoms with van der Waals surface area (Å²) < 4.78 is 40.5. The molecule has 2 saturated heterocycles. The van der Waals surface area contributed by atoms with Crippen molar-refractivity contribution in [3.05, 3.63) is 28.5 Å². The third-order valence-electron chi connectivity index (χ3n) is 4.32. The van der Waals surface area contributed by atoms with Crippen LogP contribution in [0.2, 0.25) is 5.02 Å². The summed E-state index contributed by atoms with van der Waals surface area (Å²) in [6, 6.07) is 3.00. The Hall–Kier alpha value is -0.400. The second-order valence-corrected chi connectivity index (χ2v) is 8.13. The highest BCUT2D eigenvalue weighted by molar-refractivity contribution is 7.89. The molecule has 2 bridgehead atoms. The van der Waals surface area contributed by atoms with E-state index in [2.05, 4.69) is 5.32 Å². The molecule has 0 amide bonds. The molecule has 2 heterocycles. The van der Waals surface area contributed by atoms with E-state index in [1.54, 1.807) is 0 Å². The van der Waals surface area contributed by atoms with Crippen molar-refractivity contribution in [1.82, 2.24) is 9.62 Å². The molecule has 2 unspecified atom stereocenters. The molecule has 1 N–H and O–H groups in total. The highest BCUT2D eigenvalue weighted by Crippen LogP contribution is 2.30. The summed E-state index contributed by atoms with van der Waals surface area (Å²) in [4.78, 5) is 0.000778. The lowest BCUT2D eigenvalue weighted by Gasteiger charge is -2.24. The maximum Gasteiger partial charge on any atom is 0.244 e. The number of nitrogens with zero attached hydrogens (tertiary/aromatic N) is 1. The van der Waals surface area contributed by atoms with Crippen LogP contribution < -0.4 is 5.32 Å². The van der Waals surface area contributed by atoms with Gasteiger partial charge in [0.15, 0.2) is 0 Å². The van der Waals surface area contributed by atoms with Gasteiger partial charge < -0.3 is 5.32 Å². The van der Waals surface area contributed by atoms with Crippen LogP contribution >= 0.6 is 24.0 Å². The zero-order valence-corrected chi connectivity index (χ0v) is 14.6. The predicted molar refractivity (Wildman–Crippen MR) is 86.7 cm³/mol. The minimum absolute atomic E-state index is 0. The van der Waals surface area contributed by atoms with Crippen LogP contribution in [0.4, 0.5) is 4.39 Å². The van der Waals surface area contributed by atoms with Gasteiger partial charge in [0.2, 0.25) is 10.0 Å². The first kappa shape index (κ1) is 17.9. The molecule has 1 aromatic carbocycles. The van der Waals surface area contributed by atoms with Crippen molar-refractivity contribution < 1.29 is 12.8 Å². The summed E-state index contributed by atoms with van der Waals surface area (Å²) in [5, 5.41) is 3.39. The van der Waals surface area contributed by atoms with E-state index in [9.17, 15) is 12.8 Å². The first-order valence-electron chi connectivity index (χ1n) is 7.10. The zero-order valence-electron chi connectivity index (χ0n) is 12.2. The number of nitrogens with one attached hydrogen (secondary N) is 1. The summed E-state index contributed by atoms with van der Waals surface area (Å²) in [5.41, 5.74) is 0.285. The molecule has 1 aromatic rings. The molecule has 8 heteroatoms. The second-order valence-electron chi connectivity index (χ2n) is 5.82. The quantitative estimate of drug-likeness (QED) is 0.872. The van der Waals surface area contributed by atoms with Gasteiger partial charge in [-0.3, -0.25) is 0 Å². The second kappa shape index (κ2) is 6.61. The minimum Gasteiger partial charge on any atom is -0.310 e. The van der Waals surface area contributed by atoms with Gasteiger partial charge in [0, 0.05) is 25.2 Å². The molecule has 2 aliphatic heterocycles. The lowest BCUT2D eigenvalue weighted by atomic mass is 10.1. The van der Waals surface area contributed by atoms with Crippen molar-refractivity contribution in [3.63, 3.8) is 0 Å². The normalized spacial score (nSPS) is 25.6. The molecule has 2 fully saturated rings. The highest BCUT2D eigenvalue weighted by Gasteiger charge is 2.35. The number of rotatable bonds is 2. The van der Waals surface area contributed by atoms with Gasteiger partial charge >= 0.3 is 0 Å². The largest absolute Gasteiger partial charge is 0.310 e. The fourth-order valence-corrected chi connectivity index (χ4v) is 5.17. The number of halogens is 3. The summed E-state index contributed by atoms with van der Waals surface area (Å²) in [6.45, 7) is 2.46. The van der Waals surface area contributed by atoms with Gasteiger partial charge in [-0.15, -0.1) is 12.4 Å². The SMILES string of the molecule is Cc1cc(S(=O)(=O)N2CCC3CCC(C2)N3)c(Cl)cc1F.Cl. The van der Waals surface area contributed by atoms with E-state index in [4.69, 9.17) is 11.6 Å². The molecular formula is C14H19Cl2FN2O2S. The average molecular weight is 369 g/mol. The third-order valence-corrected chi connectivity index (χ3v) is 6.65. The van der Waals surface area contributed by atoms with Crippen LogP contribution in [0.5, 0.6) is 0 Å². The molecule has 0 saturated carbocycles. The van der Waals surface area contributed by atoms with Crippen molar-refractivity contribution in [2.45, 2.75) is 43.2 Å². The molecule has 0 radical (unpaired) electrons. The molecule has 0 aromatic heterocycles. The van der Waals surface area contributed by atoms with Crippen LogP contribution in [-0.4, -0.2) is 37.9 Å². The summed E-state index contributed by atoms with van der Waals surface area (Å²) in [5.74, 6) is -0.490. The van der Waals surface area contributed by atoms with Gasteiger partial charge in [-0.05, 0) is 43.9 Å². The van der Waals surface area contributed by atoms with Crippen LogP contribution in [-0.2, 0) is 10.0 Å². The van der Waals surface area contributed by atoms with Crippen molar-refractivity contribution >= 4 is 34.0 Å². The fraction of sp³-hybridized carbons (Fsp3) is 0.571. The lowest BCUT2D eigenvalue weighted by Crippen LogP contribution is -2.39. The van der Waals surface area contributed by atoms with Crippen LogP contribution in [0, 0.1) is 12.7 Å². The third kappa shape index (κ3) is 3.26. The number of hydrogen-bond acceptors (Lipinski definition) is 3. The molecule has 2 atom stereocenters. The molecule has 3 rings (SSSR count). The van der Waals surface area contributed by atoms with Crippen LogP contribution in [0.15, 0.2) is 17.0 Å². The van der Waals surface area contributed by atoms with E-state index < -0.39 is 15.8 Å². The predicted octanol–water partition coefficient (Wildman–Crippen LogP) is 2.72. The Balaban J connectivity index is 0.00000176. The van der Waals surface area contributed by atoms with E-state index >= 15 is 0 Å². The van der Waals surface area contributed by atoms with Crippen LogP contribution in [0.1, 0.15) is 24.8 Å². The van der Waals surface area contributed by atoms with Crippen LogP contribution in [0.3, 0.4) is 0 Å². The summed E-state index contributed by atoms with van der Waals surface area (Å²) >= 11 is 5.96. The summed E-state index contributed by atoms with van der Waals surface area (Å²) in [7, 11) is -3.68. The number of sulfonamides is 1. The summed E-state index contributed by atoms with van der Waals surface area (Å²) in [6.07, 6.45) is 2.90. The van der Waals surface area contributed by atoms with Crippen LogP contribution in [0.25, 0.3) is 0 Å². The maximum absolute atomic E-state index is 13.5. The van der Waals surface area contributed by atoms with E-state index in [1.165, 1.54) is 17.3 Å². The topological polar surface area (TPSA) is 49.4 Å². The Bertz CT molecular complexity index is 669. The van der Waals surface area contributed by atoms with Gasteiger partial charge in [-0.2, -0.15) is 4.31 Å². The molecule has 0 spiro atoms. The zero-order chi connectivity index (χ0) is 15.2. The van der Waals surface area contributed by atoms with Gasteiger partial charge in [0.05, 0.1) is 5.02 Å². The standard InChI is InChI=1S/C14H18ClFN2O2S.ClH/c1-9-6-14(12(15)7-13(9)16)21(19,20)18-5-4-10-2-3-11(8-18)17-10;/h6-7,10-11,17H,2-5,8H2,1H3;1H.